The van der Waals surface area contributed by atoms with E-state index >= 15 is 0 Å². The molecule has 0 unspecified atom stereocenters. The fourth-order valence-electron chi connectivity index (χ4n) is 2.98. The molecule has 1 aromatic carbocycles. The zero-order valence-electron chi connectivity index (χ0n) is 15.5. The highest BCUT2D eigenvalue weighted by atomic mass is 19.4. The van der Waals surface area contributed by atoms with Gasteiger partial charge in [0.1, 0.15) is 6.61 Å². The summed E-state index contributed by atoms with van der Waals surface area (Å²) in [5.41, 5.74) is -0.879. The van der Waals surface area contributed by atoms with Crippen molar-refractivity contribution in [2.24, 2.45) is 0 Å². The number of benzene rings is 1. The molecule has 0 saturated heterocycles. The van der Waals surface area contributed by atoms with Crippen LogP contribution >= 0.6 is 0 Å². The molecule has 0 fully saturated rings. The smallest absolute Gasteiger partial charge is 0.416 e. The van der Waals surface area contributed by atoms with E-state index in [9.17, 15) is 22.8 Å². The number of alkyl halides is 3. The van der Waals surface area contributed by atoms with Crippen LogP contribution in [-0.4, -0.2) is 56.2 Å². The second-order valence-electron chi connectivity index (χ2n) is 6.07. The van der Waals surface area contributed by atoms with Gasteiger partial charge in [0.05, 0.1) is 23.8 Å². The summed E-state index contributed by atoms with van der Waals surface area (Å²) in [6, 6.07) is 3.14. The molecule has 0 spiro atoms. The van der Waals surface area contributed by atoms with Crippen LogP contribution in [0.3, 0.4) is 0 Å². The summed E-state index contributed by atoms with van der Waals surface area (Å²) in [7, 11) is 4.23. The van der Waals surface area contributed by atoms with E-state index in [1.165, 1.54) is 51.2 Å². The molecule has 2 rings (SSSR count). The van der Waals surface area contributed by atoms with Gasteiger partial charge >= 0.3 is 18.2 Å². The third-order valence-corrected chi connectivity index (χ3v) is 4.44. The number of amides is 2. The van der Waals surface area contributed by atoms with Gasteiger partial charge in [-0.15, -0.1) is 0 Å². The van der Waals surface area contributed by atoms with E-state index < -0.39 is 29.8 Å². The second kappa shape index (κ2) is 7.99. The van der Waals surface area contributed by atoms with Crippen LogP contribution in [0.2, 0.25) is 0 Å². The highest BCUT2D eigenvalue weighted by Gasteiger charge is 2.43. The molecule has 2 amide bonds. The summed E-state index contributed by atoms with van der Waals surface area (Å²) in [5, 5.41) is 0. The average molecular weight is 386 g/mol. The molecule has 0 bridgehead atoms. The zero-order valence-corrected chi connectivity index (χ0v) is 15.5. The molecule has 27 heavy (non-hydrogen) atoms. The van der Waals surface area contributed by atoms with Crippen LogP contribution in [0.25, 0.3) is 0 Å². The number of methoxy groups -OCH3 is 1. The van der Waals surface area contributed by atoms with Crippen molar-refractivity contribution in [2.45, 2.75) is 19.1 Å². The largest absolute Gasteiger partial charge is 0.460 e. The Morgan fingerprint density at radius 1 is 1.19 bits per heavy atom. The minimum atomic E-state index is -4.64. The van der Waals surface area contributed by atoms with Crippen molar-refractivity contribution in [2.75, 3.05) is 34.4 Å². The quantitative estimate of drug-likeness (QED) is 0.576. The monoisotopic (exact) mass is 386 g/mol. The Bertz CT molecular complexity index is 761. The van der Waals surface area contributed by atoms with Gasteiger partial charge < -0.3 is 19.3 Å². The maximum absolute atomic E-state index is 13.5. The van der Waals surface area contributed by atoms with Gasteiger partial charge in [-0.1, -0.05) is 18.2 Å². The molecular weight excluding hydrogens is 365 g/mol. The van der Waals surface area contributed by atoms with E-state index in [-0.39, 0.29) is 30.0 Å². The summed E-state index contributed by atoms with van der Waals surface area (Å²) in [6.45, 7) is 1.59. The lowest BCUT2D eigenvalue weighted by atomic mass is 9.90. The number of carbonyl (C=O) groups excluding carboxylic acids is 2. The first-order valence-electron chi connectivity index (χ1n) is 8.14. The zero-order chi connectivity index (χ0) is 20.4. The molecule has 6 nitrogen and oxygen atoms in total. The summed E-state index contributed by atoms with van der Waals surface area (Å²) in [4.78, 5) is 27.4. The van der Waals surface area contributed by atoms with Gasteiger partial charge in [0.15, 0.2) is 0 Å². The van der Waals surface area contributed by atoms with Crippen LogP contribution < -0.4 is 0 Å². The molecule has 1 heterocycles. The Morgan fingerprint density at radius 2 is 1.81 bits per heavy atom. The number of nitrogens with zero attached hydrogens (tertiary/aromatic N) is 2. The topological polar surface area (TPSA) is 59.1 Å². The van der Waals surface area contributed by atoms with Crippen molar-refractivity contribution < 1.29 is 32.2 Å². The Morgan fingerprint density at radius 3 is 2.41 bits per heavy atom. The number of hydrogen-bond donors (Lipinski definition) is 0. The number of esters is 1. The molecule has 1 atom stereocenters. The maximum atomic E-state index is 13.5. The first kappa shape index (κ1) is 20.8. The van der Waals surface area contributed by atoms with Crippen LogP contribution in [0.5, 0.6) is 0 Å². The summed E-state index contributed by atoms with van der Waals surface area (Å²) in [6.07, 6.45) is -4.64. The van der Waals surface area contributed by atoms with Crippen molar-refractivity contribution in [3.8, 4) is 0 Å². The molecule has 0 aromatic heterocycles. The van der Waals surface area contributed by atoms with Gasteiger partial charge in [-0.2, -0.15) is 13.2 Å². The van der Waals surface area contributed by atoms with Gasteiger partial charge in [0.25, 0.3) is 0 Å². The molecule has 0 radical (unpaired) electrons. The van der Waals surface area contributed by atoms with Crippen molar-refractivity contribution in [1.82, 2.24) is 9.80 Å². The Balaban J connectivity index is 2.61. The van der Waals surface area contributed by atoms with E-state index in [0.717, 1.165) is 11.0 Å². The molecular formula is C18H21F3N2O4. The summed E-state index contributed by atoms with van der Waals surface area (Å²) < 4.78 is 50.5. The van der Waals surface area contributed by atoms with Crippen LogP contribution in [0.1, 0.15) is 24.1 Å². The molecule has 0 aliphatic carbocycles. The number of hydrogen-bond acceptors (Lipinski definition) is 4. The summed E-state index contributed by atoms with van der Waals surface area (Å²) >= 11 is 0. The number of halogens is 3. The van der Waals surface area contributed by atoms with Gasteiger partial charge in [-0.3, -0.25) is 0 Å². The SMILES string of the molecule is COCCOC(=O)C1=C(C)N(C)C(=O)N(C)[C@H]1c1ccccc1C(F)(F)F. The van der Waals surface area contributed by atoms with Crippen LogP contribution in [0.15, 0.2) is 35.5 Å². The molecule has 1 aliphatic heterocycles. The standard InChI is InChI=1S/C18H21F3N2O4/c1-11-14(16(24)27-10-9-26-4)15(23(3)17(25)22(11)2)12-7-5-6-8-13(12)18(19,20)21/h5-8,15H,9-10H2,1-4H3/t15-/m0/s1. The number of carbonyl (C=O) groups is 2. The Hall–Kier alpha value is -2.55. The predicted molar refractivity (Wildman–Crippen MR) is 90.6 cm³/mol. The maximum Gasteiger partial charge on any atom is 0.416 e. The van der Waals surface area contributed by atoms with E-state index in [4.69, 9.17) is 9.47 Å². The lowest BCUT2D eigenvalue weighted by Gasteiger charge is -2.40. The van der Waals surface area contributed by atoms with Gasteiger partial charge in [0, 0.05) is 26.9 Å². The van der Waals surface area contributed by atoms with E-state index in [1.54, 1.807) is 0 Å². The van der Waals surface area contributed by atoms with Gasteiger partial charge in [0.2, 0.25) is 0 Å². The summed E-state index contributed by atoms with van der Waals surface area (Å²) in [5.74, 6) is -0.794. The van der Waals surface area contributed by atoms with Crippen molar-refractivity contribution in [1.29, 1.82) is 0 Å². The van der Waals surface area contributed by atoms with E-state index in [0.29, 0.717) is 0 Å². The highest BCUT2D eigenvalue weighted by molar-refractivity contribution is 5.95. The van der Waals surface area contributed by atoms with Crippen LogP contribution in [-0.2, 0) is 20.4 Å². The first-order valence-corrected chi connectivity index (χ1v) is 8.14. The Labute approximate surface area is 155 Å². The third-order valence-electron chi connectivity index (χ3n) is 4.44. The highest BCUT2D eigenvalue weighted by Crippen LogP contribution is 2.42. The van der Waals surface area contributed by atoms with Crippen LogP contribution in [0, 0.1) is 0 Å². The Kier molecular flexibility index (Phi) is 6.15. The number of allylic oxidation sites excluding steroid dienone is 1. The van der Waals surface area contributed by atoms with Crippen molar-refractivity contribution in [3.05, 3.63) is 46.7 Å². The second-order valence-corrected chi connectivity index (χ2v) is 6.07. The first-order chi connectivity index (χ1) is 12.6. The van der Waals surface area contributed by atoms with Gasteiger partial charge in [-0.05, 0) is 18.6 Å². The third kappa shape index (κ3) is 4.08. The van der Waals surface area contributed by atoms with E-state index in [1.807, 2.05) is 0 Å². The molecule has 1 aromatic rings. The average Bonchev–Trinajstić information content (AvgIpc) is 2.62. The van der Waals surface area contributed by atoms with Crippen LogP contribution in [0.4, 0.5) is 18.0 Å². The lowest BCUT2D eigenvalue weighted by molar-refractivity contribution is -0.142. The van der Waals surface area contributed by atoms with Crippen molar-refractivity contribution in [3.63, 3.8) is 0 Å². The minimum absolute atomic E-state index is 0.0209. The van der Waals surface area contributed by atoms with Crippen molar-refractivity contribution >= 4 is 12.0 Å². The minimum Gasteiger partial charge on any atom is -0.460 e. The predicted octanol–water partition coefficient (Wildman–Crippen LogP) is 3.21. The normalized spacial score (nSPS) is 18.2. The number of rotatable bonds is 5. The number of likely N-dealkylation sites (N-methyl/N-ethyl adjacent to an activating group) is 1. The fourth-order valence-corrected chi connectivity index (χ4v) is 2.98. The fraction of sp³-hybridized carbons (Fsp3) is 0.444. The molecule has 0 N–H and O–H groups in total. The molecule has 148 valence electrons. The van der Waals surface area contributed by atoms with Gasteiger partial charge in [-0.25, -0.2) is 9.59 Å². The van der Waals surface area contributed by atoms with E-state index in [2.05, 4.69) is 0 Å². The molecule has 1 aliphatic rings. The number of urea groups is 1. The lowest BCUT2D eigenvalue weighted by Crippen LogP contribution is -2.47. The number of ether oxygens (including phenoxy) is 2. The molecule has 0 saturated carbocycles. The molecule has 9 heteroatoms.